The lowest BCUT2D eigenvalue weighted by Gasteiger charge is -2.60. The Bertz CT molecular complexity index is 3310. The van der Waals surface area contributed by atoms with Gasteiger partial charge in [0.25, 0.3) is 5.91 Å². The van der Waals surface area contributed by atoms with Crippen LogP contribution in [0.5, 0.6) is 0 Å². The predicted octanol–water partition coefficient (Wildman–Crippen LogP) is 9.05. The highest BCUT2D eigenvalue weighted by Gasteiger charge is 2.86. The number of ether oxygens (including phenoxy) is 2. The summed E-state index contributed by atoms with van der Waals surface area (Å²) < 4.78 is 74.2. The quantitative estimate of drug-likeness (QED) is 0.0565. The Morgan fingerprint density at radius 3 is 1.81 bits per heavy atom. The van der Waals surface area contributed by atoms with Crippen LogP contribution in [0.25, 0.3) is 22.3 Å². The molecule has 7 heterocycles. The van der Waals surface area contributed by atoms with Crippen LogP contribution in [0, 0.1) is 0 Å². The van der Waals surface area contributed by atoms with Crippen LogP contribution >= 0.6 is 0 Å². The van der Waals surface area contributed by atoms with Crippen molar-refractivity contribution in [1.82, 2.24) is 39.0 Å². The number of fused-ring (bicyclic) bond motifs is 3. The number of halogens is 2. The summed E-state index contributed by atoms with van der Waals surface area (Å²) in [5.41, 5.74) is -4.27. The van der Waals surface area contributed by atoms with Gasteiger partial charge in [0.2, 0.25) is 5.60 Å². The number of aliphatic hydroxyl groups excluding tert-OH is 2. The number of nitrogen functional groups attached to an aromatic ring is 1. The molecule has 0 radical (unpaired) electrons. The zero-order valence-corrected chi connectivity index (χ0v) is 49.1. The van der Waals surface area contributed by atoms with Crippen LogP contribution in [-0.2, 0) is 33.3 Å². The number of aliphatic hydroxyl groups is 3. The Balaban J connectivity index is 1.39. The van der Waals surface area contributed by atoms with E-state index in [1.807, 2.05) is 60.6 Å². The van der Waals surface area contributed by atoms with E-state index < -0.39 is 123 Å². The van der Waals surface area contributed by atoms with Crippen LogP contribution in [0.4, 0.5) is 20.4 Å². The minimum atomic E-state index is -4.27. The smallest absolute Gasteiger partial charge is 0.395 e. The molecule has 0 saturated carbocycles. The van der Waals surface area contributed by atoms with Gasteiger partial charge >= 0.3 is 23.2 Å². The van der Waals surface area contributed by atoms with E-state index in [4.69, 9.17) is 28.2 Å². The third kappa shape index (κ3) is 8.92. The van der Waals surface area contributed by atoms with Gasteiger partial charge in [-0.25, -0.2) is 29.9 Å². The lowest BCUT2D eigenvalue weighted by Crippen LogP contribution is -2.80. The highest BCUT2D eigenvalue weighted by Crippen LogP contribution is 2.67. The van der Waals surface area contributed by atoms with Gasteiger partial charge in [-0.3, -0.25) is 18.7 Å². The number of hydrogen-bond acceptors (Lipinski definition) is 17. The summed E-state index contributed by atoms with van der Waals surface area (Å²) in [5, 5.41) is 41.7. The molecule has 79 heavy (non-hydrogen) atoms. The van der Waals surface area contributed by atoms with E-state index >= 15 is 13.6 Å². The maximum atomic E-state index is 17.6. The number of hydrogen-bond donors (Lipinski definition) is 5. The van der Waals surface area contributed by atoms with E-state index in [0.717, 1.165) is 28.3 Å². The Hall–Kier alpha value is -5.97. The number of carbonyl (C=O) groups is 2. The number of ketones is 1. The van der Waals surface area contributed by atoms with Gasteiger partial charge in [-0.2, -0.15) is 8.78 Å². The molecule has 0 aliphatic carbocycles. The summed E-state index contributed by atoms with van der Waals surface area (Å²) in [4.78, 5) is 57.4. The molecule has 3 aliphatic heterocycles. The third-order valence-electron chi connectivity index (χ3n) is 16.1. The summed E-state index contributed by atoms with van der Waals surface area (Å²) in [6, 6.07) is 13.7. The molecule has 0 spiro atoms. The van der Waals surface area contributed by atoms with Gasteiger partial charge in [0, 0.05) is 28.6 Å². The molecule has 2 aromatic carbocycles. The highest BCUT2D eigenvalue weighted by atomic mass is 28.5. The van der Waals surface area contributed by atoms with Crippen LogP contribution in [0.3, 0.4) is 0 Å². The number of imidazole rings is 2. The number of nitrogens with one attached hydrogen (secondary N) is 1. The molecule has 1 amide bonds. The van der Waals surface area contributed by atoms with Crippen LogP contribution in [0.1, 0.15) is 148 Å². The first-order valence-electron chi connectivity index (χ1n) is 26.6. The van der Waals surface area contributed by atoms with E-state index in [2.05, 4.69) is 56.0 Å². The highest BCUT2D eigenvalue weighted by molar-refractivity contribution is 6.84. The lowest BCUT2D eigenvalue weighted by atomic mass is 9.63. The number of Topliss-reactive ketones (excluding diaryl/α,β-unsaturated/α-hetero) is 1. The number of nitrogens with two attached hydrogens (primary N) is 1. The van der Waals surface area contributed by atoms with Gasteiger partial charge in [0.1, 0.15) is 36.6 Å². The van der Waals surface area contributed by atoms with E-state index in [0.29, 0.717) is 5.56 Å². The number of aromatic nitrogens is 8. The van der Waals surface area contributed by atoms with Crippen molar-refractivity contribution in [2.75, 3.05) is 17.7 Å². The van der Waals surface area contributed by atoms with E-state index in [-0.39, 0.29) is 44.9 Å². The molecule has 3 saturated heterocycles. The van der Waals surface area contributed by atoms with Crippen LogP contribution in [0.15, 0.2) is 85.7 Å². The first-order valence-corrected chi connectivity index (χ1v) is 30.6. The second-order valence-electron chi connectivity index (χ2n) is 24.3. The fraction of sp³-hybridized carbons (Fsp3) is 0.527. The average molecular weight is 1130 g/mol. The molecule has 6 N–H and O–H groups in total. The van der Waals surface area contributed by atoms with Crippen molar-refractivity contribution in [3.63, 3.8) is 0 Å². The van der Waals surface area contributed by atoms with Crippen molar-refractivity contribution < 1.29 is 56.1 Å². The minimum Gasteiger partial charge on any atom is -0.517 e. The Labute approximate surface area is 459 Å². The first-order chi connectivity index (χ1) is 36.9. The topological polar surface area (TPSA) is 266 Å². The van der Waals surface area contributed by atoms with Crippen molar-refractivity contribution in [3.05, 3.63) is 108 Å². The summed E-state index contributed by atoms with van der Waals surface area (Å²) >= 11 is 0. The zero-order valence-electron chi connectivity index (χ0n) is 47.1. The monoisotopic (exact) mass is 1130 g/mol. The van der Waals surface area contributed by atoms with E-state index in [1.165, 1.54) is 17.2 Å². The molecular formula is C55H72F2N10O10Si2. The summed E-state index contributed by atoms with van der Waals surface area (Å²) in [6.45, 7) is 25.9. The minimum absolute atomic E-state index is 0.000401. The molecule has 6 aromatic rings. The van der Waals surface area contributed by atoms with Gasteiger partial charge in [0.15, 0.2) is 57.4 Å². The Morgan fingerprint density at radius 2 is 1.28 bits per heavy atom. The normalized spacial score (nSPS) is 26.2. The van der Waals surface area contributed by atoms with Crippen molar-refractivity contribution in [3.8, 4) is 0 Å². The number of benzene rings is 2. The van der Waals surface area contributed by atoms with Crippen molar-refractivity contribution >= 4 is 62.8 Å². The van der Waals surface area contributed by atoms with Gasteiger partial charge in [0.05, 0.1) is 19.3 Å². The van der Waals surface area contributed by atoms with Gasteiger partial charge in [-0.1, -0.05) is 133 Å². The van der Waals surface area contributed by atoms with Crippen LogP contribution in [0.2, 0.25) is 22.2 Å². The molecule has 7 atom stereocenters. The standard InChI is InChI=1S/C55H72F2N10O10Si2/c1-29(2)78(30(3)4)75-43(44(56)57)55(54(72)42(70)37(24-68)73-50(54)67-28-63-39-45(58)59-25-61-47(39)67)53(76-79(77-78,31(5)6)32(7)8,41(69)33-15-19-35(20-16-33)51(9,10)11)23-38(74-55)66-27-64-40-46(60-26-62-48(40)66)65-49(71)34-17-21-36(22-18-34)52(12,13)14/h15-22,25-32,37-38,42,50,68,70,72H,23-24H2,1-14H3,(H2,58,59,61)(H,60,62,65,71)/t37-,38-,42-,50-,53-,54+,55-/m1/s1. The second-order valence-corrected chi connectivity index (χ2v) is 33.0. The van der Waals surface area contributed by atoms with E-state index in [9.17, 15) is 20.1 Å². The number of carbonyl (C=O) groups excluding carboxylic acids is 2. The van der Waals surface area contributed by atoms with Crippen LogP contribution < -0.4 is 11.1 Å². The number of anilines is 2. The van der Waals surface area contributed by atoms with Gasteiger partial charge < -0.3 is 48.8 Å². The SMILES string of the molecule is CC(C)[Si]1(C(C)C)OC(=C(F)F)[C@@]2([C@]3(O)[C@H](O)[C@@H](CO)O[C@H]3n3cnc4c(N)ncnc43)O[C@@H](n3cnc4c(NC(=O)c5ccc(C(C)(C)C)cc5)ncnc43)C[C@]2(C(=O)c2ccc(C(C)(C)C)cc2)O[Si](C(C)C)(C(C)C)O1. The maximum absolute atomic E-state index is 17.6. The number of amides is 1. The molecule has 4 aromatic heterocycles. The molecular weight excluding hydrogens is 1050 g/mol. The lowest BCUT2D eigenvalue weighted by molar-refractivity contribution is -0.269. The number of nitrogens with zero attached hydrogens (tertiary/aromatic N) is 8. The molecule has 20 nitrogen and oxygen atoms in total. The molecule has 3 aliphatic rings. The Kier molecular flexibility index (Phi) is 14.8. The van der Waals surface area contributed by atoms with E-state index in [1.54, 1.807) is 64.1 Å². The average Bonchev–Trinajstić information content (AvgIpc) is 2.00. The van der Waals surface area contributed by atoms with Crippen molar-refractivity contribution in [2.24, 2.45) is 0 Å². The fourth-order valence-corrected chi connectivity index (χ4v) is 22.9. The third-order valence-corrected chi connectivity index (χ3v) is 26.3. The number of rotatable bonds is 12. The molecule has 0 bridgehead atoms. The summed E-state index contributed by atoms with van der Waals surface area (Å²) in [6.07, 6.45) is -6.50. The van der Waals surface area contributed by atoms with Crippen molar-refractivity contribution in [1.29, 1.82) is 0 Å². The second kappa shape index (κ2) is 20.2. The van der Waals surface area contributed by atoms with Gasteiger partial charge in [-0.05, 0) is 45.2 Å². The molecule has 24 heteroatoms. The molecule has 9 rings (SSSR count). The molecule has 3 fully saturated rings. The largest absolute Gasteiger partial charge is 0.517 e. The molecule has 0 unspecified atom stereocenters. The maximum Gasteiger partial charge on any atom is 0.395 e. The Morgan fingerprint density at radius 1 is 0.759 bits per heavy atom. The van der Waals surface area contributed by atoms with Crippen molar-refractivity contribution in [2.45, 2.75) is 178 Å². The summed E-state index contributed by atoms with van der Waals surface area (Å²) in [5.74, 6) is -2.95. The first kappa shape index (κ1) is 57.7. The fourth-order valence-electron chi connectivity index (χ4n) is 11.8. The zero-order chi connectivity index (χ0) is 57.7. The molecule has 424 valence electrons. The van der Waals surface area contributed by atoms with Crippen LogP contribution in [-0.4, -0.2) is 119 Å². The van der Waals surface area contributed by atoms with Gasteiger partial charge in [-0.15, -0.1) is 0 Å². The predicted molar refractivity (Wildman–Crippen MR) is 294 cm³/mol. The summed E-state index contributed by atoms with van der Waals surface area (Å²) in [7, 11) is -8.54.